The van der Waals surface area contributed by atoms with Crippen LogP contribution in [0.5, 0.6) is 0 Å². The quantitative estimate of drug-likeness (QED) is 0.479. The van der Waals surface area contributed by atoms with E-state index in [-0.39, 0.29) is 17.4 Å². The van der Waals surface area contributed by atoms with E-state index in [1.54, 1.807) is 31.5 Å². The van der Waals surface area contributed by atoms with Crippen LogP contribution < -0.4 is 10.9 Å². The molecule has 34 heavy (non-hydrogen) atoms. The van der Waals surface area contributed by atoms with Crippen molar-refractivity contribution in [2.75, 3.05) is 5.32 Å². The summed E-state index contributed by atoms with van der Waals surface area (Å²) in [6, 6.07) is 9.94. The molecule has 0 bridgehead atoms. The Bertz CT molecular complexity index is 1460. The minimum Gasteiger partial charge on any atom is -0.315 e. The number of benzene rings is 1. The average Bonchev–Trinajstić information content (AvgIpc) is 3.30. The van der Waals surface area contributed by atoms with Crippen LogP contribution in [0.1, 0.15) is 35.9 Å². The maximum atomic E-state index is 13.8. The summed E-state index contributed by atoms with van der Waals surface area (Å²) >= 11 is 0. The molecule has 0 aliphatic heterocycles. The Kier molecular flexibility index (Phi) is 6.06. The zero-order chi connectivity index (χ0) is 24.6. The first-order chi connectivity index (χ1) is 16.2. The molecule has 1 amide bonds. The highest BCUT2D eigenvalue weighted by Gasteiger charge is 2.19. The summed E-state index contributed by atoms with van der Waals surface area (Å²) in [6.07, 6.45) is 1.60. The van der Waals surface area contributed by atoms with Gasteiger partial charge in [0.2, 0.25) is 0 Å². The highest BCUT2D eigenvalue weighted by atomic mass is 19.2. The van der Waals surface area contributed by atoms with Crippen molar-refractivity contribution < 1.29 is 13.6 Å². The summed E-state index contributed by atoms with van der Waals surface area (Å²) in [6.45, 7) is 5.63. The lowest BCUT2D eigenvalue weighted by molar-refractivity contribution is 0.102. The number of aromatic nitrogens is 5. The molecule has 1 N–H and O–H groups in total. The molecule has 1 aromatic carbocycles. The topological polar surface area (TPSA) is 94.7 Å². The molecule has 0 atom stereocenters. The first-order valence-electron chi connectivity index (χ1n) is 10.5. The van der Waals surface area contributed by atoms with Crippen LogP contribution in [0.15, 0.2) is 53.6 Å². The van der Waals surface area contributed by atoms with Gasteiger partial charge in [-0.25, -0.2) is 13.8 Å². The molecule has 0 aliphatic rings. The number of rotatable bonds is 5. The average molecular weight is 464 g/mol. The summed E-state index contributed by atoms with van der Waals surface area (Å²) in [5, 5.41) is 10.7. The largest absolute Gasteiger partial charge is 0.315 e. The van der Waals surface area contributed by atoms with Crippen LogP contribution in [0.4, 0.5) is 14.6 Å². The monoisotopic (exact) mass is 464 g/mol. The number of carbonyl (C=O) groups excluding carboxylic acids is 1. The van der Waals surface area contributed by atoms with Gasteiger partial charge in [0.15, 0.2) is 17.5 Å². The van der Waals surface area contributed by atoms with Crippen LogP contribution in [-0.4, -0.2) is 30.2 Å². The number of hydrogen-bond acceptors (Lipinski definition) is 5. The zero-order valence-electron chi connectivity index (χ0n) is 19.0. The molecule has 0 unspecified atom stereocenters. The third-order valence-corrected chi connectivity index (χ3v) is 5.54. The predicted molar refractivity (Wildman–Crippen MR) is 123 cm³/mol. The molecule has 0 saturated heterocycles. The van der Waals surface area contributed by atoms with Gasteiger partial charge in [-0.2, -0.15) is 0 Å². The Morgan fingerprint density at radius 1 is 1.09 bits per heavy atom. The molecule has 0 saturated carbocycles. The highest BCUT2D eigenvalue weighted by Crippen LogP contribution is 2.25. The molecule has 10 heteroatoms. The minimum absolute atomic E-state index is 0.107. The Morgan fingerprint density at radius 2 is 1.85 bits per heavy atom. The Labute approximate surface area is 193 Å². The number of carbonyl (C=O) groups is 1. The van der Waals surface area contributed by atoms with Gasteiger partial charge in [-0.15, -0.1) is 10.2 Å². The molecular weight excluding hydrogens is 442 g/mol. The lowest BCUT2D eigenvalue weighted by Gasteiger charge is -2.14. The first-order valence-corrected chi connectivity index (χ1v) is 10.5. The summed E-state index contributed by atoms with van der Waals surface area (Å²) in [7, 11) is 1.51. The van der Waals surface area contributed by atoms with Gasteiger partial charge in [-0.3, -0.25) is 9.59 Å². The summed E-state index contributed by atoms with van der Waals surface area (Å²) in [4.78, 5) is 30.3. The number of halogens is 2. The number of nitrogens with one attached hydrogen (secondary N) is 1. The second-order valence-corrected chi connectivity index (χ2v) is 8.07. The minimum atomic E-state index is -1.02. The van der Waals surface area contributed by atoms with E-state index in [2.05, 4.69) is 20.5 Å². The van der Waals surface area contributed by atoms with Gasteiger partial charge < -0.3 is 14.5 Å². The fraction of sp³-hybridized carbons (Fsp3) is 0.208. The molecule has 0 aliphatic carbocycles. The van der Waals surface area contributed by atoms with E-state index in [4.69, 9.17) is 0 Å². The fourth-order valence-corrected chi connectivity index (χ4v) is 3.56. The Balaban J connectivity index is 1.70. The van der Waals surface area contributed by atoms with Crippen LogP contribution in [0.2, 0.25) is 0 Å². The maximum absolute atomic E-state index is 13.8. The van der Waals surface area contributed by atoms with Crippen molar-refractivity contribution in [3.63, 3.8) is 0 Å². The number of anilines is 1. The molecule has 0 fully saturated rings. The van der Waals surface area contributed by atoms with Gasteiger partial charge in [0.1, 0.15) is 23.4 Å². The van der Waals surface area contributed by atoms with Crippen molar-refractivity contribution in [3.8, 4) is 22.6 Å². The van der Waals surface area contributed by atoms with Crippen LogP contribution in [0.3, 0.4) is 0 Å². The normalized spacial score (nSPS) is 11.1. The lowest BCUT2D eigenvalue weighted by atomic mass is 10.0. The Hall–Kier alpha value is -4.21. The van der Waals surface area contributed by atoms with Crippen LogP contribution >= 0.6 is 0 Å². The van der Waals surface area contributed by atoms with Crippen LogP contribution in [0.25, 0.3) is 22.6 Å². The van der Waals surface area contributed by atoms with Crippen LogP contribution in [-0.2, 0) is 7.05 Å². The second-order valence-electron chi connectivity index (χ2n) is 8.07. The zero-order valence-corrected chi connectivity index (χ0v) is 19.0. The van der Waals surface area contributed by atoms with E-state index in [1.807, 2.05) is 18.4 Å². The van der Waals surface area contributed by atoms with E-state index in [0.29, 0.717) is 28.3 Å². The molecule has 4 rings (SSSR count). The van der Waals surface area contributed by atoms with Gasteiger partial charge in [0.25, 0.3) is 11.5 Å². The first kappa shape index (κ1) is 23.0. The molecular formula is C24H22F2N6O2. The lowest BCUT2D eigenvalue weighted by Crippen LogP contribution is -2.29. The number of pyridine rings is 2. The summed E-state index contributed by atoms with van der Waals surface area (Å²) < 4.78 is 30.4. The van der Waals surface area contributed by atoms with E-state index < -0.39 is 23.1 Å². The predicted octanol–water partition coefficient (Wildman–Crippen LogP) is 4.13. The third-order valence-electron chi connectivity index (χ3n) is 5.54. The second kappa shape index (κ2) is 8.97. The molecule has 4 aromatic rings. The van der Waals surface area contributed by atoms with E-state index >= 15 is 0 Å². The number of amides is 1. The molecule has 3 heterocycles. The standard InChI is InChI=1S/C24H22F2N6O2/c1-13(2)32-12-27-30-22(32)20-6-5-7-21(28-20)29-23(33)17-11-16(14(3)31(4)24(17)34)15-8-9-18(25)19(26)10-15/h5-13H,1-4H3,(H,28,29,33). The summed E-state index contributed by atoms with van der Waals surface area (Å²) in [5.41, 5.74) is 1.08. The van der Waals surface area contributed by atoms with Crippen molar-refractivity contribution in [3.05, 3.63) is 82.0 Å². The van der Waals surface area contributed by atoms with Crippen molar-refractivity contribution in [2.24, 2.45) is 7.05 Å². The van der Waals surface area contributed by atoms with Crippen molar-refractivity contribution >= 4 is 11.7 Å². The fourth-order valence-electron chi connectivity index (χ4n) is 3.56. The third kappa shape index (κ3) is 4.21. The van der Waals surface area contributed by atoms with Gasteiger partial charge in [0, 0.05) is 24.3 Å². The Morgan fingerprint density at radius 3 is 2.56 bits per heavy atom. The van der Waals surface area contributed by atoms with Crippen molar-refractivity contribution in [1.29, 1.82) is 0 Å². The molecule has 0 radical (unpaired) electrons. The maximum Gasteiger partial charge on any atom is 0.263 e. The number of nitrogens with zero attached hydrogens (tertiary/aromatic N) is 5. The molecule has 0 spiro atoms. The van der Waals surface area contributed by atoms with E-state index in [0.717, 1.165) is 12.1 Å². The smallest absolute Gasteiger partial charge is 0.263 e. The van der Waals surface area contributed by atoms with E-state index in [1.165, 1.54) is 23.7 Å². The number of hydrogen-bond donors (Lipinski definition) is 1. The highest BCUT2D eigenvalue weighted by molar-refractivity contribution is 6.04. The van der Waals surface area contributed by atoms with E-state index in [9.17, 15) is 18.4 Å². The summed E-state index contributed by atoms with van der Waals surface area (Å²) in [5.74, 6) is -1.93. The van der Waals surface area contributed by atoms with Crippen LogP contribution in [0, 0.1) is 18.6 Å². The van der Waals surface area contributed by atoms with Crippen molar-refractivity contribution in [2.45, 2.75) is 26.8 Å². The van der Waals surface area contributed by atoms with Gasteiger partial charge in [-0.05, 0) is 56.7 Å². The molecule has 3 aromatic heterocycles. The van der Waals surface area contributed by atoms with Gasteiger partial charge in [-0.1, -0.05) is 12.1 Å². The molecule has 8 nitrogen and oxygen atoms in total. The molecule has 174 valence electrons. The van der Waals surface area contributed by atoms with Gasteiger partial charge >= 0.3 is 0 Å². The van der Waals surface area contributed by atoms with Crippen molar-refractivity contribution in [1.82, 2.24) is 24.3 Å². The SMILES string of the molecule is Cc1c(-c2ccc(F)c(F)c2)cc(C(=O)Nc2cccc(-c3nncn3C(C)C)n2)c(=O)n1C. The van der Waals surface area contributed by atoms with Gasteiger partial charge in [0.05, 0.1) is 0 Å².